The van der Waals surface area contributed by atoms with E-state index in [0.717, 1.165) is 22.3 Å². The number of aromatic nitrogens is 2. The molecule has 2 aromatic heterocycles. The van der Waals surface area contributed by atoms with Crippen LogP contribution in [0, 0.1) is 10.1 Å². The second-order valence-electron chi connectivity index (χ2n) is 6.70. The molecular weight excluding hydrogens is 456 g/mol. The summed E-state index contributed by atoms with van der Waals surface area (Å²) in [6.45, 7) is -0.298. The molecule has 4 aromatic rings. The van der Waals surface area contributed by atoms with Crippen molar-refractivity contribution in [3.63, 3.8) is 0 Å². The number of nitro benzene ring substituents is 1. The zero-order chi connectivity index (χ0) is 22.8. The number of nitrogens with zero attached hydrogens (tertiary/aromatic N) is 3. The predicted octanol–water partition coefficient (Wildman–Crippen LogP) is 4.33. The first-order valence-electron chi connectivity index (χ1n) is 9.23. The van der Waals surface area contributed by atoms with Crippen LogP contribution < -0.4 is 15.6 Å². The van der Waals surface area contributed by atoms with E-state index in [4.69, 9.17) is 16.3 Å². The summed E-state index contributed by atoms with van der Waals surface area (Å²) in [6, 6.07) is 13.2. The zero-order valence-corrected chi connectivity index (χ0v) is 18.1. The second kappa shape index (κ2) is 8.77. The minimum Gasteiger partial charge on any atom is -0.497 e. The van der Waals surface area contributed by atoms with Gasteiger partial charge in [-0.05, 0) is 48.0 Å². The van der Waals surface area contributed by atoms with Crippen LogP contribution >= 0.6 is 22.9 Å². The fourth-order valence-electron chi connectivity index (χ4n) is 3.04. The number of rotatable bonds is 6. The van der Waals surface area contributed by atoms with Gasteiger partial charge in [-0.15, -0.1) is 11.3 Å². The Balaban J connectivity index is 1.56. The molecular formula is C21H15ClN4O5S. The maximum Gasteiger partial charge on any atom is 0.289 e. The van der Waals surface area contributed by atoms with Gasteiger partial charge >= 0.3 is 0 Å². The minimum atomic E-state index is -0.641. The van der Waals surface area contributed by atoms with E-state index in [9.17, 15) is 19.7 Å². The van der Waals surface area contributed by atoms with Crippen molar-refractivity contribution in [3.8, 4) is 16.2 Å². The quantitative estimate of drug-likeness (QED) is 0.331. The number of anilines is 1. The highest BCUT2D eigenvalue weighted by Gasteiger charge is 2.16. The van der Waals surface area contributed by atoms with Crippen molar-refractivity contribution < 1.29 is 14.5 Å². The van der Waals surface area contributed by atoms with E-state index in [0.29, 0.717) is 10.2 Å². The average molecular weight is 471 g/mol. The third kappa shape index (κ3) is 4.32. The number of halogens is 1. The van der Waals surface area contributed by atoms with Crippen molar-refractivity contribution in [1.82, 2.24) is 9.55 Å². The number of methoxy groups -OCH3 is 1. The van der Waals surface area contributed by atoms with Crippen LogP contribution in [0.15, 0.2) is 59.7 Å². The van der Waals surface area contributed by atoms with E-state index in [1.165, 1.54) is 34.4 Å². The SMILES string of the molecule is COc1ccc(-c2cc3ncn(CC(=O)Nc4ccc(Cl)c([N+](=O)[O-])c4)c(=O)c3s2)cc1. The largest absolute Gasteiger partial charge is 0.497 e. The molecule has 0 aliphatic heterocycles. The lowest BCUT2D eigenvalue weighted by molar-refractivity contribution is -0.384. The fraction of sp³-hybridized carbons (Fsp3) is 0.0952. The second-order valence-corrected chi connectivity index (χ2v) is 8.16. The monoisotopic (exact) mass is 470 g/mol. The highest BCUT2D eigenvalue weighted by atomic mass is 35.5. The van der Waals surface area contributed by atoms with Crippen LogP contribution in [0.25, 0.3) is 20.7 Å². The Kier molecular flexibility index (Phi) is 5.89. The lowest BCUT2D eigenvalue weighted by Crippen LogP contribution is -2.27. The molecule has 0 aliphatic carbocycles. The molecule has 0 radical (unpaired) electrons. The molecule has 1 amide bonds. The van der Waals surface area contributed by atoms with Gasteiger partial charge in [0.05, 0.1) is 23.9 Å². The van der Waals surface area contributed by atoms with Gasteiger partial charge in [0.2, 0.25) is 5.91 Å². The number of fused-ring (bicyclic) bond motifs is 1. The highest BCUT2D eigenvalue weighted by molar-refractivity contribution is 7.22. The Hall–Kier alpha value is -3.76. The third-order valence-electron chi connectivity index (χ3n) is 4.62. The first-order chi connectivity index (χ1) is 15.4. The molecule has 0 aliphatic rings. The van der Waals surface area contributed by atoms with Crippen LogP contribution in [0.2, 0.25) is 5.02 Å². The summed E-state index contributed by atoms with van der Waals surface area (Å²) in [5.74, 6) is 0.198. The Morgan fingerprint density at radius 1 is 1.25 bits per heavy atom. The summed E-state index contributed by atoms with van der Waals surface area (Å²) in [7, 11) is 1.59. The molecule has 0 bridgehead atoms. The van der Waals surface area contributed by atoms with Crippen LogP contribution in [0.1, 0.15) is 0 Å². The number of hydrogen-bond acceptors (Lipinski definition) is 7. The van der Waals surface area contributed by atoms with Gasteiger partial charge in [-0.1, -0.05) is 11.6 Å². The molecule has 2 heterocycles. The molecule has 9 nitrogen and oxygen atoms in total. The van der Waals surface area contributed by atoms with E-state index < -0.39 is 10.8 Å². The predicted molar refractivity (Wildman–Crippen MR) is 123 cm³/mol. The number of nitro groups is 1. The van der Waals surface area contributed by atoms with Gasteiger partial charge in [0.25, 0.3) is 11.2 Å². The van der Waals surface area contributed by atoms with Crippen LogP contribution in [-0.2, 0) is 11.3 Å². The van der Waals surface area contributed by atoms with Crippen LogP contribution in [0.3, 0.4) is 0 Å². The zero-order valence-electron chi connectivity index (χ0n) is 16.6. The number of benzene rings is 2. The number of carbonyl (C=O) groups excluding carboxylic acids is 1. The highest BCUT2D eigenvalue weighted by Crippen LogP contribution is 2.32. The Morgan fingerprint density at radius 3 is 2.69 bits per heavy atom. The smallest absolute Gasteiger partial charge is 0.289 e. The summed E-state index contributed by atoms with van der Waals surface area (Å²) in [5.41, 5.74) is 0.982. The van der Waals surface area contributed by atoms with Crippen molar-refractivity contribution in [3.05, 3.63) is 80.3 Å². The van der Waals surface area contributed by atoms with Crippen molar-refractivity contribution in [2.45, 2.75) is 6.54 Å². The number of hydrogen-bond donors (Lipinski definition) is 1. The van der Waals surface area contributed by atoms with Crippen molar-refractivity contribution in [1.29, 1.82) is 0 Å². The van der Waals surface area contributed by atoms with Gasteiger partial charge in [0, 0.05) is 16.6 Å². The third-order valence-corrected chi connectivity index (χ3v) is 6.10. The van der Waals surface area contributed by atoms with Gasteiger partial charge in [0.1, 0.15) is 22.0 Å². The Bertz CT molecular complexity index is 1400. The normalized spacial score (nSPS) is 10.8. The molecule has 32 heavy (non-hydrogen) atoms. The lowest BCUT2D eigenvalue weighted by Gasteiger charge is -2.07. The van der Waals surface area contributed by atoms with Crippen LogP contribution in [0.4, 0.5) is 11.4 Å². The van der Waals surface area contributed by atoms with E-state index in [-0.39, 0.29) is 28.5 Å². The first-order valence-corrected chi connectivity index (χ1v) is 10.4. The van der Waals surface area contributed by atoms with Crippen molar-refractivity contribution in [2.24, 2.45) is 0 Å². The summed E-state index contributed by atoms with van der Waals surface area (Å²) in [6.07, 6.45) is 1.30. The number of ether oxygens (including phenoxy) is 1. The molecule has 0 unspecified atom stereocenters. The summed E-state index contributed by atoms with van der Waals surface area (Å²) in [5, 5.41) is 13.5. The maximum atomic E-state index is 12.9. The molecule has 1 N–H and O–H groups in total. The van der Waals surface area contributed by atoms with Crippen LogP contribution in [0.5, 0.6) is 5.75 Å². The van der Waals surface area contributed by atoms with Crippen molar-refractivity contribution >= 4 is 50.4 Å². The molecule has 2 aromatic carbocycles. The molecule has 0 saturated heterocycles. The Morgan fingerprint density at radius 2 is 2.00 bits per heavy atom. The number of amides is 1. The van der Waals surface area contributed by atoms with E-state index >= 15 is 0 Å². The molecule has 0 atom stereocenters. The molecule has 0 spiro atoms. The maximum absolute atomic E-state index is 12.9. The first kappa shape index (κ1) is 21.5. The van der Waals surface area contributed by atoms with Gasteiger partial charge in [0.15, 0.2) is 0 Å². The number of nitrogens with one attached hydrogen (secondary N) is 1. The molecule has 0 saturated carbocycles. The Labute approximate surface area is 190 Å². The summed E-state index contributed by atoms with van der Waals surface area (Å²) < 4.78 is 6.78. The van der Waals surface area contributed by atoms with Gasteiger partial charge in [-0.3, -0.25) is 24.3 Å². The molecule has 0 fully saturated rings. The van der Waals surface area contributed by atoms with E-state index in [1.807, 2.05) is 30.3 Å². The van der Waals surface area contributed by atoms with Crippen LogP contribution in [-0.4, -0.2) is 27.5 Å². The summed E-state index contributed by atoms with van der Waals surface area (Å²) >= 11 is 7.07. The number of carbonyl (C=O) groups is 1. The molecule has 11 heteroatoms. The van der Waals surface area contributed by atoms with Gasteiger partial charge < -0.3 is 10.1 Å². The fourth-order valence-corrected chi connectivity index (χ4v) is 4.29. The topological polar surface area (TPSA) is 116 Å². The number of thiophene rings is 1. The minimum absolute atomic E-state index is 0.0378. The van der Waals surface area contributed by atoms with E-state index in [1.54, 1.807) is 7.11 Å². The lowest BCUT2D eigenvalue weighted by atomic mass is 10.2. The molecule has 162 valence electrons. The standard InChI is InChI=1S/C21H15ClN4O5S/c1-31-14-5-2-12(3-6-14)18-9-16-20(32-18)21(28)25(11-23-16)10-19(27)24-13-4-7-15(22)17(8-13)26(29)30/h2-9,11H,10H2,1H3,(H,24,27). The van der Waals surface area contributed by atoms with Crippen molar-refractivity contribution in [2.75, 3.05) is 12.4 Å². The van der Waals surface area contributed by atoms with Gasteiger partial charge in [-0.2, -0.15) is 0 Å². The average Bonchev–Trinajstić information content (AvgIpc) is 3.22. The van der Waals surface area contributed by atoms with E-state index in [2.05, 4.69) is 10.3 Å². The molecule has 4 rings (SSSR count). The van der Waals surface area contributed by atoms with Gasteiger partial charge in [-0.25, -0.2) is 4.98 Å². The summed E-state index contributed by atoms with van der Waals surface area (Å²) in [4.78, 5) is 40.8.